The van der Waals surface area contributed by atoms with Gasteiger partial charge in [-0.1, -0.05) is 54.6 Å². The van der Waals surface area contributed by atoms with Gasteiger partial charge in [0.25, 0.3) is 5.52 Å². The largest absolute Gasteiger partial charge is 0.490 e. The molecule has 4 rings (SSSR count). The normalized spacial score (nSPS) is 12.3. The van der Waals surface area contributed by atoms with E-state index >= 15 is 0 Å². The average Bonchev–Trinajstić information content (AvgIpc) is 2.89. The number of aromatic nitrogens is 2. The first-order valence-electron chi connectivity index (χ1n) is 6.75. The molecule has 0 saturated heterocycles. The summed E-state index contributed by atoms with van der Waals surface area (Å²) >= 11 is 0. The summed E-state index contributed by atoms with van der Waals surface area (Å²) in [5.41, 5.74) is 2.67. The van der Waals surface area contributed by atoms with E-state index in [9.17, 15) is 0 Å². The first kappa shape index (κ1) is 11.9. The summed E-state index contributed by atoms with van der Waals surface area (Å²) in [7, 11) is 1.67. The van der Waals surface area contributed by atoms with E-state index in [-0.39, 0.29) is 0 Å². The highest BCUT2D eigenvalue weighted by molar-refractivity contribution is 6.07. The van der Waals surface area contributed by atoms with Gasteiger partial charge in [-0.15, -0.1) is 4.48 Å². The number of hydrogen-bond acceptors (Lipinski definition) is 2. The standard InChI is InChI=1S/C17H13N3O/c1-21-15-11-10-12-6-5-9-14-16(12)17(15)20(19-14)18-13-7-3-2-4-8-13/h2-11H,1H3. The lowest BCUT2D eigenvalue weighted by atomic mass is 10.1. The number of rotatable bonds is 2. The van der Waals surface area contributed by atoms with Crippen LogP contribution in [0.25, 0.3) is 21.8 Å². The Morgan fingerprint density at radius 1 is 0.952 bits per heavy atom. The van der Waals surface area contributed by atoms with Crippen molar-refractivity contribution in [3.63, 3.8) is 0 Å². The molecule has 0 spiro atoms. The Labute approximate surface area is 121 Å². The van der Waals surface area contributed by atoms with Crippen molar-refractivity contribution in [3.05, 3.63) is 60.7 Å². The summed E-state index contributed by atoms with van der Waals surface area (Å²) < 4.78 is 7.14. The highest BCUT2D eigenvalue weighted by atomic mass is 16.5. The molecular weight excluding hydrogens is 262 g/mol. The van der Waals surface area contributed by atoms with Gasteiger partial charge in [0.1, 0.15) is 0 Å². The molecule has 0 atom stereocenters. The Morgan fingerprint density at radius 2 is 1.81 bits per heavy atom. The Kier molecular flexibility index (Phi) is 2.60. The van der Waals surface area contributed by atoms with E-state index in [1.807, 2.05) is 54.6 Å². The zero-order chi connectivity index (χ0) is 14.2. The van der Waals surface area contributed by atoms with Crippen molar-refractivity contribution in [1.82, 2.24) is 5.10 Å². The summed E-state index contributed by atoms with van der Waals surface area (Å²) in [6.07, 6.45) is 0. The number of ether oxygens (including phenoxy) is 1. The van der Waals surface area contributed by atoms with E-state index in [4.69, 9.17) is 4.74 Å². The van der Waals surface area contributed by atoms with Gasteiger partial charge < -0.3 is 4.74 Å². The van der Waals surface area contributed by atoms with Crippen LogP contribution in [-0.4, -0.2) is 7.11 Å². The molecule has 1 heterocycles. The highest BCUT2D eigenvalue weighted by Crippen LogP contribution is 2.29. The van der Waals surface area contributed by atoms with E-state index in [1.165, 1.54) is 0 Å². The molecule has 0 aliphatic carbocycles. The van der Waals surface area contributed by atoms with Crippen LogP contribution in [-0.2, 0) is 0 Å². The minimum atomic E-state index is 0.774. The molecule has 0 aliphatic heterocycles. The summed E-state index contributed by atoms with van der Waals surface area (Å²) in [5.74, 6) is 0.774. The molecule has 0 aliphatic rings. The van der Waals surface area contributed by atoms with E-state index in [1.54, 1.807) is 11.6 Å². The van der Waals surface area contributed by atoms with Crippen LogP contribution in [0.5, 0.6) is 5.75 Å². The third-order valence-corrected chi connectivity index (χ3v) is 3.55. The molecule has 4 nitrogen and oxygen atoms in total. The first-order valence-corrected chi connectivity index (χ1v) is 6.75. The van der Waals surface area contributed by atoms with Gasteiger partial charge in [-0.25, -0.2) is 0 Å². The van der Waals surface area contributed by atoms with Crippen molar-refractivity contribution in [1.29, 1.82) is 0 Å². The number of hydrogen-bond donors (Lipinski definition) is 0. The van der Waals surface area contributed by atoms with E-state index in [0.29, 0.717) is 0 Å². The molecule has 3 aromatic carbocycles. The van der Waals surface area contributed by atoms with Crippen LogP contribution in [0.1, 0.15) is 0 Å². The SMILES string of the molecule is COc1ccc2cccc3[n-][n+](=Nc4ccccc4)c1c23. The summed E-state index contributed by atoms with van der Waals surface area (Å²) in [5, 5.41) is 11.4. The zero-order valence-electron chi connectivity index (χ0n) is 11.5. The maximum atomic E-state index is 5.48. The Balaban J connectivity index is 2.15. The molecule has 0 saturated carbocycles. The fourth-order valence-corrected chi connectivity index (χ4v) is 2.60. The Hall–Kier alpha value is -2.88. The molecule has 0 radical (unpaired) electrons. The molecule has 4 heteroatoms. The lowest BCUT2D eigenvalue weighted by Crippen LogP contribution is -2.19. The third-order valence-electron chi connectivity index (χ3n) is 3.55. The van der Waals surface area contributed by atoms with Gasteiger partial charge in [0.2, 0.25) is 0 Å². The third kappa shape index (κ3) is 1.84. The van der Waals surface area contributed by atoms with E-state index < -0.39 is 0 Å². The maximum absolute atomic E-state index is 5.48. The number of nitrogens with zero attached hydrogens (tertiary/aromatic N) is 3. The molecule has 1 aromatic heterocycles. The lowest BCUT2D eigenvalue weighted by Gasteiger charge is -2.00. The molecule has 102 valence electrons. The van der Waals surface area contributed by atoms with Gasteiger partial charge in [-0.3, -0.25) is 0 Å². The summed E-state index contributed by atoms with van der Waals surface area (Å²) in [4.78, 5) is 0. The van der Waals surface area contributed by atoms with Crippen LogP contribution >= 0.6 is 0 Å². The van der Waals surface area contributed by atoms with Crippen LogP contribution in [0.2, 0.25) is 0 Å². The zero-order valence-corrected chi connectivity index (χ0v) is 11.5. The summed E-state index contributed by atoms with van der Waals surface area (Å²) in [6.45, 7) is 0. The average molecular weight is 275 g/mol. The smallest absolute Gasteiger partial charge is 0.275 e. The molecule has 4 aromatic rings. The topological polar surface area (TPSA) is 41.6 Å². The molecule has 21 heavy (non-hydrogen) atoms. The van der Waals surface area contributed by atoms with Gasteiger partial charge >= 0.3 is 0 Å². The van der Waals surface area contributed by atoms with Gasteiger partial charge in [0, 0.05) is 11.2 Å². The Morgan fingerprint density at radius 3 is 2.62 bits per heavy atom. The van der Waals surface area contributed by atoms with E-state index in [2.05, 4.69) is 16.3 Å². The van der Waals surface area contributed by atoms with Gasteiger partial charge in [0.15, 0.2) is 5.75 Å². The van der Waals surface area contributed by atoms with Crippen LogP contribution in [0.3, 0.4) is 0 Å². The van der Waals surface area contributed by atoms with Gasteiger partial charge in [-0.05, 0) is 11.5 Å². The maximum Gasteiger partial charge on any atom is 0.275 e. The fraction of sp³-hybridized carbons (Fsp3) is 0.0588. The minimum Gasteiger partial charge on any atom is -0.490 e. The first-order chi connectivity index (χ1) is 10.4. The van der Waals surface area contributed by atoms with Gasteiger partial charge in [-0.2, -0.15) is 10.2 Å². The molecular formula is C17H13N3O. The predicted octanol–water partition coefficient (Wildman–Crippen LogP) is 3.33. The van der Waals surface area contributed by atoms with Crippen molar-refractivity contribution in [2.24, 2.45) is 5.11 Å². The second-order valence-electron chi connectivity index (χ2n) is 4.82. The quantitative estimate of drug-likeness (QED) is 0.526. The molecule has 0 bridgehead atoms. The van der Waals surface area contributed by atoms with Crippen LogP contribution < -0.4 is 14.3 Å². The summed E-state index contributed by atoms with van der Waals surface area (Å²) in [6, 6.07) is 19.9. The van der Waals surface area contributed by atoms with Crippen molar-refractivity contribution in [3.8, 4) is 5.75 Å². The monoisotopic (exact) mass is 275 g/mol. The Bertz CT molecular complexity index is 974. The van der Waals surface area contributed by atoms with Crippen molar-refractivity contribution >= 4 is 27.5 Å². The van der Waals surface area contributed by atoms with Crippen LogP contribution in [0.4, 0.5) is 5.69 Å². The van der Waals surface area contributed by atoms with E-state index in [0.717, 1.165) is 33.2 Å². The molecule has 0 amide bonds. The number of benzene rings is 3. The lowest BCUT2D eigenvalue weighted by molar-refractivity contribution is -0.581. The van der Waals surface area contributed by atoms with Crippen LogP contribution in [0, 0.1) is 0 Å². The van der Waals surface area contributed by atoms with Crippen molar-refractivity contribution in [2.45, 2.75) is 0 Å². The van der Waals surface area contributed by atoms with Gasteiger partial charge in [0.05, 0.1) is 12.5 Å². The number of methoxy groups -OCH3 is 1. The van der Waals surface area contributed by atoms with Crippen molar-refractivity contribution in [2.75, 3.05) is 7.11 Å². The molecule has 0 unspecified atom stereocenters. The second kappa shape index (κ2) is 4.59. The highest BCUT2D eigenvalue weighted by Gasteiger charge is 2.15. The fourth-order valence-electron chi connectivity index (χ4n) is 2.60. The minimum absolute atomic E-state index is 0.774. The van der Waals surface area contributed by atoms with Crippen LogP contribution in [0.15, 0.2) is 65.8 Å². The predicted molar refractivity (Wildman–Crippen MR) is 81.0 cm³/mol. The second-order valence-corrected chi connectivity index (χ2v) is 4.82. The molecule has 0 fully saturated rings. The molecule has 0 N–H and O–H groups in total. The van der Waals surface area contributed by atoms with Crippen molar-refractivity contribution < 1.29 is 9.22 Å².